The monoisotopic (exact) mass is 358 g/mol. The van der Waals surface area contributed by atoms with Crippen molar-refractivity contribution in [3.05, 3.63) is 82.2 Å². The lowest BCUT2D eigenvalue weighted by Gasteiger charge is -2.19. The molecule has 1 aromatic carbocycles. The highest BCUT2D eigenvalue weighted by atomic mass is 32.1. The third-order valence-electron chi connectivity index (χ3n) is 3.88. The molecule has 2 aromatic heterocycles. The van der Waals surface area contributed by atoms with Gasteiger partial charge in [0.05, 0.1) is 24.9 Å². The van der Waals surface area contributed by atoms with Crippen molar-refractivity contribution in [2.45, 2.75) is 19.0 Å². The molecule has 0 aliphatic carbocycles. The lowest BCUT2D eigenvalue weighted by Crippen LogP contribution is -2.37. The van der Waals surface area contributed by atoms with Gasteiger partial charge in [0, 0.05) is 4.88 Å². The van der Waals surface area contributed by atoms with E-state index in [1.165, 1.54) is 12.1 Å². The molecule has 0 spiro atoms. The molecule has 0 radical (unpaired) electrons. The van der Waals surface area contributed by atoms with Crippen molar-refractivity contribution < 1.29 is 13.6 Å². The molecule has 2 atom stereocenters. The van der Waals surface area contributed by atoms with Crippen LogP contribution >= 0.6 is 11.3 Å². The van der Waals surface area contributed by atoms with Crippen LogP contribution in [0.3, 0.4) is 0 Å². The Hall–Kier alpha value is -2.44. The lowest BCUT2D eigenvalue weighted by molar-refractivity contribution is -0.120. The average molecular weight is 358 g/mol. The van der Waals surface area contributed by atoms with E-state index in [0.717, 1.165) is 16.2 Å². The first-order valence-corrected chi connectivity index (χ1v) is 8.86. The van der Waals surface area contributed by atoms with Gasteiger partial charge in [0.15, 0.2) is 0 Å². The number of nitrogens with one attached hydrogen (secondary N) is 2. The highest BCUT2D eigenvalue weighted by Gasteiger charge is 2.18. The number of carbonyl (C=O) groups excluding carboxylic acids is 1. The maximum absolute atomic E-state index is 13.2. The zero-order chi connectivity index (χ0) is 17.6. The molecule has 25 heavy (non-hydrogen) atoms. The first-order valence-electron chi connectivity index (χ1n) is 7.98. The van der Waals surface area contributed by atoms with Gasteiger partial charge < -0.3 is 9.73 Å². The van der Waals surface area contributed by atoms with E-state index in [-0.39, 0.29) is 30.4 Å². The van der Waals surface area contributed by atoms with Crippen LogP contribution in [0.15, 0.2) is 64.6 Å². The Labute approximate surface area is 149 Å². The van der Waals surface area contributed by atoms with Gasteiger partial charge in [-0.25, -0.2) is 4.39 Å². The van der Waals surface area contributed by atoms with E-state index in [9.17, 15) is 9.18 Å². The Morgan fingerprint density at radius 1 is 1.20 bits per heavy atom. The Kier molecular flexibility index (Phi) is 5.63. The number of furan rings is 1. The maximum atomic E-state index is 13.2. The average Bonchev–Trinajstić information content (AvgIpc) is 3.31. The summed E-state index contributed by atoms with van der Waals surface area (Å²) in [7, 11) is 0. The second-order valence-electron chi connectivity index (χ2n) is 5.69. The van der Waals surface area contributed by atoms with Crippen LogP contribution in [0.25, 0.3) is 0 Å². The third-order valence-corrected chi connectivity index (χ3v) is 4.81. The molecule has 0 bridgehead atoms. The van der Waals surface area contributed by atoms with Crippen LogP contribution in [0.5, 0.6) is 0 Å². The summed E-state index contributed by atoms with van der Waals surface area (Å²) >= 11 is 1.55. The molecule has 130 valence electrons. The number of carbonyl (C=O) groups is 1. The number of hydrogen-bond donors (Lipinski definition) is 2. The number of rotatable bonds is 7. The number of thiophene rings is 1. The third kappa shape index (κ3) is 4.55. The number of hydrogen-bond acceptors (Lipinski definition) is 4. The summed E-state index contributed by atoms with van der Waals surface area (Å²) in [5, 5.41) is 8.10. The van der Waals surface area contributed by atoms with Crippen molar-refractivity contribution in [1.29, 1.82) is 0 Å². The lowest BCUT2D eigenvalue weighted by atomic mass is 10.1. The van der Waals surface area contributed by atoms with Crippen LogP contribution in [0.4, 0.5) is 4.39 Å². The van der Waals surface area contributed by atoms with Crippen molar-refractivity contribution in [1.82, 2.24) is 10.6 Å². The van der Waals surface area contributed by atoms with Gasteiger partial charge in [-0.15, -0.1) is 11.3 Å². The molecule has 6 heteroatoms. The second kappa shape index (κ2) is 8.09. The molecule has 2 heterocycles. The number of amides is 1. The zero-order valence-corrected chi connectivity index (χ0v) is 14.6. The molecule has 3 aromatic rings. The molecular formula is C19H19FN2O2S. The zero-order valence-electron chi connectivity index (χ0n) is 13.7. The second-order valence-corrected chi connectivity index (χ2v) is 6.66. The van der Waals surface area contributed by atoms with Crippen molar-refractivity contribution in [3.8, 4) is 0 Å². The fourth-order valence-electron chi connectivity index (χ4n) is 2.53. The van der Waals surface area contributed by atoms with Crippen molar-refractivity contribution >= 4 is 17.2 Å². The van der Waals surface area contributed by atoms with E-state index >= 15 is 0 Å². The fourth-order valence-corrected chi connectivity index (χ4v) is 3.33. The topological polar surface area (TPSA) is 54.3 Å². The Balaban J connectivity index is 1.66. The van der Waals surface area contributed by atoms with Crippen molar-refractivity contribution in [3.63, 3.8) is 0 Å². The molecule has 0 saturated carbocycles. The van der Waals surface area contributed by atoms with Gasteiger partial charge in [0.2, 0.25) is 5.91 Å². The summed E-state index contributed by atoms with van der Waals surface area (Å²) in [6, 6.07) is 13.4. The van der Waals surface area contributed by atoms with Gasteiger partial charge >= 0.3 is 0 Å². The Morgan fingerprint density at radius 2 is 2.00 bits per heavy atom. The maximum Gasteiger partial charge on any atom is 0.234 e. The van der Waals surface area contributed by atoms with E-state index in [1.807, 2.05) is 36.6 Å². The van der Waals surface area contributed by atoms with Crippen LogP contribution < -0.4 is 10.6 Å². The summed E-state index contributed by atoms with van der Waals surface area (Å²) in [5.41, 5.74) is 0.844. The highest BCUT2D eigenvalue weighted by Crippen LogP contribution is 2.26. The molecule has 1 amide bonds. The molecule has 3 rings (SSSR count). The quantitative estimate of drug-likeness (QED) is 0.670. The van der Waals surface area contributed by atoms with Gasteiger partial charge in [-0.2, -0.15) is 0 Å². The summed E-state index contributed by atoms with van der Waals surface area (Å²) in [4.78, 5) is 13.4. The first kappa shape index (κ1) is 17.4. The van der Waals surface area contributed by atoms with E-state index in [4.69, 9.17) is 4.42 Å². The van der Waals surface area contributed by atoms with Crippen LogP contribution in [0.2, 0.25) is 0 Å². The van der Waals surface area contributed by atoms with Crippen LogP contribution in [-0.4, -0.2) is 12.5 Å². The minimum absolute atomic E-state index is 0.0632. The molecule has 0 aliphatic heterocycles. The predicted molar refractivity (Wildman–Crippen MR) is 95.8 cm³/mol. The minimum atomic E-state index is -0.297. The summed E-state index contributed by atoms with van der Waals surface area (Å²) in [6.07, 6.45) is 1.61. The largest absolute Gasteiger partial charge is 0.468 e. The van der Waals surface area contributed by atoms with Gasteiger partial charge in [0.25, 0.3) is 0 Å². The molecule has 0 saturated heterocycles. The van der Waals surface area contributed by atoms with Gasteiger partial charge in [-0.05, 0) is 48.2 Å². The Morgan fingerprint density at radius 3 is 2.64 bits per heavy atom. The molecule has 2 N–H and O–H groups in total. The van der Waals surface area contributed by atoms with E-state index in [0.29, 0.717) is 0 Å². The summed E-state index contributed by atoms with van der Waals surface area (Å²) in [5.74, 6) is 0.344. The van der Waals surface area contributed by atoms with E-state index in [2.05, 4.69) is 10.6 Å². The highest BCUT2D eigenvalue weighted by molar-refractivity contribution is 7.10. The number of benzene rings is 1. The molecular weight excluding hydrogens is 339 g/mol. The predicted octanol–water partition coefficient (Wildman–Crippen LogP) is 4.04. The SMILES string of the molecule is C[C@H](NCC(=O)N[C@H](c1ccc(F)cc1)c1cccs1)c1ccco1. The molecule has 0 unspecified atom stereocenters. The van der Waals surface area contributed by atoms with Gasteiger partial charge in [-0.3, -0.25) is 10.1 Å². The first-order chi connectivity index (χ1) is 12.1. The number of halogens is 1. The van der Waals surface area contributed by atoms with Gasteiger partial charge in [0.1, 0.15) is 11.6 Å². The molecule has 0 aliphatic rings. The van der Waals surface area contributed by atoms with Crippen LogP contribution in [0, 0.1) is 5.82 Å². The van der Waals surface area contributed by atoms with Crippen molar-refractivity contribution in [2.24, 2.45) is 0 Å². The summed E-state index contributed by atoms with van der Waals surface area (Å²) < 4.78 is 18.5. The van der Waals surface area contributed by atoms with Gasteiger partial charge in [-0.1, -0.05) is 18.2 Å². The Bertz CT molecular complexity index is 785. The fraction of sp³-hybridized carbons (Fsp3) is 0.211. The van der Waals surface area contributed by atoms with Crippen LogP contribution in [-0.2, 0) is 4.79 Å². The standard InChI is InChI=1S/C19H19FN2O2S/c1-13(16-4-2-10-24-16)21-12-18(23)22-19(17-5-3-11-25-17)14-6-8-15(20)9-7-14/h2-11,13,19,21H,12H2,1H3,(H,22,23)/t13-,19+/m0/s1. The molecule has 0 fully saturated rings. The summed E-state index contributed by atoms with van der Waals surface area (Å²) in [6.45, 7) is 2.09. The van der Waals surface area contributed by atoms with Crippen molar-refractivity contribution in [2.75, 3.05) is 6.54 Å². The van der Waals surface area contributed by atoms with E-state index < -0.39 is 0 Å². The molecule has 4 nitrogen and oxygen atoms in total. The van der Waals surface area contributed by atoms with E-state index in [1.54, 1.807) is 29.7 Å². The smallest absolute Gasteiger partial charge is 0.234 e. The minimum Gasteiger partial charge on any atom is -0.468 e. The van der Waals surface area contributed by atoms with Crippen LogP contribution in [0.1, 0.15) is 35.2 Å². The normalized spacial score (nSPS) is 13.4.